The molecule has 0 amide bonds. The summed E-state index contributed by atoms with van der Waals surface area (Å²) in [6.07, 6.45) is 2.27. The first kappa shape index (κ1) is 12.7. The van der Waals surface area contributed by atoms with Crippen LogP contribution in [0.3, 0.4) is 0 Å². The number of aryl methyl sites for hydroxylation is 1. The second-order valence-corrected chi connectivity index (χ2v) is 4.87. The highest BCUT2D eigenvalue weighted by Gasteiger charge is 2.18. The Hall–Kier alpha value is -0.340. The second kappa shape index (κ2) is 5.66. The molecular formula is C13H20BrN. The molecule has 0 aliphatic carbocycles. The molecule has 2 N–H and O–H groups in total. The molecule has 1 aromatic rings. The van der Waals surface area contributed by atoms with Crippen molar-refractivity contribution in [3.05, 3.63) is 33.8 Å². The Morgan fingerprint density at radius 1 is 1.27 bits per heavy atom. The quantitative estimate of drug-likeness (QED) is 0.872. The van der Waals surface area contributed by atoms with Crippen molar-refractivity contribution in [1.82, 2.24) is 0 Å². The van der Waals surface area contributed by atoms with Crippen molar-refractivity contribution in [3.63, 3.8) is 0 Å². The van der Waals surface area contributed by atoms with Crippen molar-refractivity contribution in [2.24, 2.45) is 11.7 Å². The molecule has 0 radical (unpaired) electrons. The standard InChI is InChI=1S/C13H20BrN/c1-4-10(5-2)13(15)11-8-6-7-9(3)12(11)14/h6-8,10,13H,4-5,15H2,1-3H3. The van der Waals surface area contributed by atoms with Crippen LogP contribution in [0.5, 0.6) is 0 Å². The zero-order valence-electron chi connectivity index (χ0n) is 9.76. The van der Waals surface area contributed by atoms with Gasteiger partial charge in [0.1, 0.15) is 0 Å². The molecule has 1 aromatic carbocycles. The minimum Gasteiger partial charge on any atom is -0.324 e. The molecule has 0 aliphatic rings. The van der Waals surface area contributed by atoms with Gasteiger partial charge >= 0.3 is 0 Å². The average molecular weight is 270 g/mol. The molecule has 0 heterocycles. The molecule has 0 bridgehead atoms. The molecule has 0 aromatic heterocycles. The first-order valence-electron chi connectivity index (χ1n) is 5.62. The van der Waals surface area contributed by atoms with Gasteiger partial charge in [-0.15, -0.1) is 0 Å². The van der Waals surface area contributed by atoms with Crippen LogP contribution in [0.1, 0.15) is 43.9 Å². The fourth-order valence-corrected chi connectivity index (χ4v) is 2.51. The Morgan fingerprint density at radius 2 is 1.87 bits per heavy atom. The van der Waals surface area contributed by atoms with Gasteiger partial charge in [-0.2, -0.15) is 0 Å². The molecule has 1 nitrogen and oxygen atoms in total. The lowest BCUT2D eigenvalue weighted by atomic mass is 9.89. The zero-order chi connectivity index (χ0) is 11.4. The lowest BCUT2D eigenvalue weighted by Gasteiger charge is -2.23. The minimum atomic E-state index is 0.147. The maximum Gasteiger partial charge on any atom is 0.0334 e. The van der Waals surface area contributed by atoms with Crippen molar-refractivity contribution < 1.29 is 0 Å². The van der Waals surface area contributed by atoms with Gasteiger partial charge in [0.25, 0.3) is 0 Å². The normalized spacial score (nSPS) is 13.2. The largest absolute Gasteiger partial charge is 0.324 e. The predicted molar refractivity (Wildman–Crippen MR) is 69.9 cm³/mol. The molecule has 0 spiro atoms. The topological polar surface area (TPSA) is 26.0 Å². The summed E-state index contributed by atoms with van der Waals surface area (Å²) in [5.41, 5.74) is 8.80. The molecule has 1 unspecified atom stereocenters. The Balaban J connectivity index is 2.99. The zero-order valence-corrected chi connectivity index (χ0v) is 11.3. The molecule has 1 rings (SSSR count). The Bertz CT molecular complexity index is 318. The van der Waals surface area contributed by atoms with E-state index in [0.717, 1.165) is 12.8 Å². The van der Waals surface area contributed by atoms with E-state index < -0.39 is 0 Å². The van der Waals surface area contributed by atoms with Gasteiger partial charge in [0.05, 0.1) is 0 Å². The van der Waals surface area contributed by atoms with Gasteiger partial charge in [0.15, 0.2) is 0 Å². The number of nitrogens with two attached hydrogens (primary N) is 1. The van der Waals surface area contributed by atoms with Crippen LogP contribution < -0.4 is 5.73 Å². The van der Waals surface area contributed by atoms with Crippen molar-refractivity contribution >= 4 is 15.9 Å². The number of halogens is 1. The van der Waals surface area contributed by atoms with Crippen molar-refractivity contribution in [2.75, 3.05) is 0 Å². The van der Waals surface area contributed by atoms with E-state index in [1.807, 2.05) is 0 Å². The lowest BCUT2D eigenvalue weighted by molar-refractivity contribution is 0.404. The van der Waals surface area contributed by atoms with E-state index in [1.165, 1.54) is 15.6 Å². The fourth-order valence-electron chi connectivity index (χ4n) is 1.98. The molecule has 1 atom stereocenters. The van der Waals surface area contributed by atoms with Crippen LogP contribution >= 0.6 is 15.9 Å². The van der Waals surface area contributed by atoms with E-state index in [2.05, 4.69) is 54.9 Å². The first-order chi connectivity index (χ1) is 7.11. The molecule has 0 saturated carbocycles. The van der Waals surface area contributed by atoms with E-state index in [9.17, 15) is 0 Å². The third kappa shape index (κ3) is 2.82. The van der Waals surface area contributed by atoms with Gasteiger partial charge in [-0.1, -0.05) is 60.8 Å². The van der Waals surface area contributed by atoms with E-state index in [4.69, 9.17) is 5.73 Å². The summed E-state index contributed by atoms with van der Waals surface area (Å²) in [5, 5.41) is 0. The monoisotopic (exact) mass is 269 g/mol. The van der Waals surface area contributed by atoms with Crippen LogP contribution in [-0.2, 0) is 0 Å². The van der Waals surface area contributed by atoms with Gasteiger partial charge in [-0.05, 0) is 24.0 Å². The van der Waals surface area contributed by atoms with Gasteiger partial charge in [-0.3, -0.25) is 0 Å². The molecular weight excluding hydrogens is 250 g/mol. The SMILES string of the molecule is CCC(CC)C(N)c1cccc(C)c1Br. The van der Waals surface area contributed by atoms with Crippen LogP contribution in [0.4, 0.5) is 0 Å². The Kier molecular flexibility index (Phi) is 4.81. The number of rotatable bonds is 4. The smallest absolute Gasteiger partial charge is 0.0334 e. The van der Waals surface area contributed by atoms with E-state index in [0.29, 0.717) is 5.92 Å². The maximum absolute atomic E-state index is 6.30. The molecule has 0 fully saturated rings. The number of hydrogen-bond acceptors (Lipinski definition) is 1. The Morgan fingerprint density at radius 3 is 2.40 bits per heavy atom. The maximum atomic E-state index is 6.30. The van der Waals surface area contributed by atoms with Gasteiger partial charge in [0.2, 0.25) is 0 Å². The summed E-state index contributed by atoms with van der Waals surface area (Å²) < 4.78 is 1.17. The summed E-state index contributed by atoms with van der Waals surface area (Å²) in [7, 11) is 0. The third-order valence-corrected chi connectivity index (χ3v) is 4.22. The van der Waals surface area contributed by atoms with Crippen LogP contribution in [-0.4, -0.2) is 0 Å². The van der Waals surface area contributed by atoms with Crippen LogP contribution in [0.2, 0.25) is 0 Å². The van der Waals surface area contributed by atoms with Gasteiger partial charge in [0, 0.05) is 10.5 Å². The predicted octanol–water partition coefficient (Wildman–Crippen LogP) is 4.19. The summed E-state index contributed by atoms with van der Waals surface area (Å²) in [6, 6.07) is 6.46. The Labute approximate surface area is 101 Å². The van der Waals surface area contributed by atoms with E-state index in [-0.39, 0.29) is 6.04 Å². The van der Waals surface area contributed by atoms with Crippen molar-refractivity contribution in [3.8, 4) is 0 Å². The highest BCUT2D eigenvalue weighted by Crippen LogP contribution is 2.31. The summed E-state index contributed by atoms with van der Waals surface area (Å²) in [6.45, 7) is 6.52. The number of hydrogen-bond donors (Lipinski definition) is 1. The molecule has 0 saturated heterocycles. The van der Waals surface area contributed by atoms with Crippen molar-refractivity contribution in [2.45, 2.75) is 39.7 Å². The average Bonchev–Trinajstić information content (AvgIpc) is 2.23. The molecule has 15 heavy (non-hydrogen) atoms. The highest BCUT2D eigenvalue weighted by atomic mass is 79.9. The lowest BCUT2D eigenvalue weighted by Crippen LogP contribution is -2.21. The van der Waals surface area contributed by atoms with E-state index in [1.54, 1.807) is 0 Å². The first-order valence-corrected chi connectivity index (χ1v) is 6.41. The summed E-state index contributed by atoms with van der Waals surface area (Å²) in [4.78, 5) is 0. The summed E-state index contributed by atoms with van der Waals surface area (Å²) >= 11 is 3.63. The fraction of sp³-hybridized carbons (Fsp3) is 0.538. The minimum absolute atomic E-state index is 0.147. The van der Waals surface area contributed by atoms with Crippen LogP contribution in [0.25, 0.3) is 0 Å². The summed E-state index contributed by atoms with van der Waals surface area (Å²) in [5.74, 6) is 0.572. The molecule has 84 valence electrons. The highest BCUT2D eigenvalue weighted by molar-refractivity contribution is 9.10. The second-order valence-electron chi connectivity index (χ2n) is 4.08. The number of benzene rings is 1. The van der Waals surface area contributed by atoms with Crippen LogP contribution in [0.15, 0.2) is 22.7 Å². The molecule has 0 aliphatic heterocycles. The van der Waals surface area contributed by atoms with Crippen LogP contribution in [0, 0.1) is 12.8 Å². The van der Waals surface area contributed by atoms with Crippen molar-refractivity contribution in [1.29, 1.82) is 0 Å². The van der Waals surface area contributed by atoms with Gasteiger partial charge in [-0.25, -0.2) is 0 Å². The molecule has 2 heteroatoms. The van der Waals surface area contributed by atoms with E-state index >= 15 is 0 Å². The van der Waals surface area contributed by atoms with Gasteiger partial charge < -0.3 is 5.73 Å². The third-order valence-electron chi connectivity index (χ3n) is 3.14.